The molecular weight excluding hydrogens is 407 g/mol. The fourth-order valence-electron chi connectivity index (χ4n) is 4.22. The number of nitrogens with zero attached hydrogens (tertiary/aromatic N) is 4. The Morgan fingerprint density at radius 2 is 1.74 bits per heavy atom. The highest BCUT2D eigenvalue weighted by Gasteiger charge is 2.30. The Kier molecular flexibility index (Phi) is 5.36. The fourth-order valence-corrected chi connectivity index (χ4v) is 4.22. The summed E-state index contributed by atoms with van der Waals surface area (Å²) in [7, 11) is 0. The predicted octanol–water partition coefficient (Wildman–Crippen LogP) is 4.43. The van der Waals surface area contributed by atoms with Gasteiger partial charge in [0.05, 0.1) is 22.6 Å². The van der Waals surface area contributed by atoms with E-state index in [0.717, 1.165) is 30.9 Å². The van der Waals surface area contributed by atoms with Gasteiger partial charge in [0.1, 0.15) is 0 Å². The number of H-pyrrole nitrogens is 1. The summed E-state index contributed by atoms with van der Waals surface area (Å²) in [6, 6.07) is 5.82. The molecule has 0 radical (unpaired) electrons. The van der Waals surface area contributed by atoms with Gasteiger partial charge in [0.25, 0.3) is 5.56 Å². The predicted molar refractivity (Wildman–Crippen MR) is 112 cm³/mol. The molecule has 0 amide bonds. The van der Waals surface area contributed by atoms with Gasteiger partial charge < -0.3 is 4.90 Å². The Bertz CT molecular complexity index is 1120. The number of aromatic nitrogens is 4. The zero-order chi connectivity index (χ0) is 22.3. The van der Waals surface area contributed by atoms with E-state index < -0.39 is 11.7 Å². The summed E-state index contributed by atoms with van der Waals surface area (Å²) >= 11 is 0. The Hall–Kier alpha value is -3.10. The number of hydrogen-bond donors (Lipinski definition) is 1. The van der Waals surface area contributed by atoms with Crippen molar-refractivity contribution in [1.82, 2.24) is 19.7 Å². The van der Waals surface area contributed by atoms with Crippen LogP contribution < -0.4 is 10.5 Å². The van der Waals surface area contributed by atoms with Crippen LogP contribution >= 0.6 is 0 Å². The van der Waals surface area contributed by atoms with E-state index in [2.05, 4.69) is 33.8 Å². The van der Waals surface area contributed by atoms with Gasteiger partial charge in [-0.25, -0.2) is 14.6 Å². The van der Waals surface area contributed by atoms with E-state index >= 15 is 0 Å². The molecular formula is C22H24F3N5O. The third kappa shape index (κ3) is 4.35. The Balaban J connectivity index is 1.62. The van der Waals surface area contributed by atoms with Gasteiger partial charge in [-0.05, 0) is 49.4 Å². The van der Waals surface area contributed by atoms with Crippen LogP contribution in [0.2, 0.25) is 0 Å². The molecule has 164 valence electrons. The number of piperidine rings is 1. The third-order valence-corrected chi connectivity index (χ3v) is 5.58. The summed E-state index contributed by atoms with van der Waals surface area (Å²) in [4.78, 5) is 23.8. The molecule has 6 nitrogen and oxygen atoms in total. The largest absolute Gasteiger partial charge is 0.416 e. The van der Waals surface area contributed by atoms with E-state index in [-0.39, 0.29) is 5.56 Å². The number of hydrogen-bond acceptors (Lipinski definition) is 4. The van der Waals surface area contributed by atoms with Crippen LogP contribution in [0.4, 0.5) is 19.1 Å². The van der Waals surface area contributed by atoms with Crippen LogP contribution in [0.5, 0.6) is 0 Å². The molecule has 0 bridgehead atoms. The summed E-state index contributed by atoms with van der Waals surface area (Å²) in [5, 5.41) is 2.96. The monoisotopic (exact) mass is 431 g/mol. The van der Waals surface area contributed by atoms with E-state index in [1.165, 1.54) is 29.3 Å². The summed E-state index contributed by atoms with van der Waals surface area (Å²) < 4.78 is 39.6. The number of halogens is 3. The molecule has 0 saturated carbocycles. The van der Waals surface area contributed by atoms with Crippen molar-refractivity contribution in [3.63, 3.8) is 0 Å². The lowest BCUT2D eigenvalue weighted by Gasteiger charge is -2.35. The molecule has 1 fully saturated rings. The van der Waals surface area contributed by atoms with Crippen LogP contribution in [0.1, 0.15) is 31.5 Å². The first-order chi connectivity index (χ1) is 14.6. The zero-order valence-electron chi connectivity index (χ0n) is 17.6. The van der Waals surface area contributed by atoms with Crippen molar-refractivity contribution in [2.24, 2.45) is 11.8 Å². The maximum atomic E-state index is 12.8. The Labute approximate surface area is 177 Å². The van der Waals surface area contributed by atoms with Crippen molar-refractivity contribution in [3.8, 4) is 16.9 Å². The lowest BCUT2D eigenvalue weighted by molar-refractivity contribution is -0.137. The molecule has 2 atom stereocenters. The SMILES string of the molecule is Cc1nc(N2CC(C)CC(C)C2)ncc1-c1cc(=O)n(-c2ccc(C(F)(F)F)cc2)[nH]1. The van der Waals surface area contributed by atoms with Crippen molar-refractivity contribution < 1.29 is 13.2 Å². The number of aryl methyl sites for hydroxylation is 1. The highest BCUT2D eigenvalue weighted by atomic mass is 19.4. The molecule has 1 aliphatic rings. The second-order valence-electron chi connectivity index (χ2n) is 8.41. The van der Waals surface area contributed by atoms with Crippen molar-refractivity contribution in [3.05, 3.63) is 58.1 Å². The Morgan fingerprint density at radius 1 is 1.10 bits per heavy atom. The maximum Gasteiger partial charge on any atom is 0.416 e. The molecule has 4 rings (SSSR count). The van der Waals surface area contributed by atoms with Gasteiger partial charge in [0.15, 0.2) is 0 Å². The van der Waals surface area contributed by atoms with E-state index in [0.29, 0.717) is 34.7 Å². The molecule has 1 saturated heterocycles. The third-order valence-electron chi connectivity index (χ3n) is 5.58. The van der Waals surface area contributed by atoms with E-state index in [1.54, 1.807) is 6.20 Å². The molecule has 2 aromatic heterocycles. The van der Waals surface area contributed by atoms with Gasteiger partial charge in [-0.3, -0.25) is 9.89 Å². The molecule has 9 heteroatoms. The molecule has 0 spiro atoms. The van der Waals surface area contributed by atoms with Gasteiger partial charge in [0.2, 0.25) is 5.95 Å². The number of anilines is 1. The van der Waals surface area contributed by atoms with Crippen LogP contribution in [-0.2, 0) is 6.18 Å². The molecule has 2 unspecified atom stereocenters. The van der Waals surface area contributed by atoms with Gasteiger partial charge in [-0.2, -0.15) is 13.2 Å². The van der Waals surface area contributed by atoms with Crippen LogP contribution in [0.3, 0.4) is 0 Å². The average molecular weight is 431 g/mol. The maximum absolute atomic E-state index is 12.8. The minimum atomic E-state index is -4.43. The number of aromatic amines is 1. The minimum Gasteiger partial charge on any atom is -0.340 e. The second-order valence-corrected chi connectivity index (χ2v) is 8.41. The lowest BCUT2D eigenvalue weighted by Crippen LogP contribution is -2.39. The van der Waals surface area contributed by atoms with Gasteiger partial charge in [-0.15, -0.1) is 0 Å². The topological polar surface area (TPSA) is 66.8 Å². The number of benzene rings is 1. The molecule has 3 heterocycles. The summed E-state index contributed by atoms with van der Waals surface area (Å²) in [5.74, 6) is 1.81. The quantitative estimate of drug-likeness (QED) is 0.666. The highest BCUT2D eigenvalue weighted by Crippen LogP contribution is 2.30. The van der Waals surface area contributed by atoms with Crippen LogP contribution in [0, 0.1) is 18.8 Å². The molecule has 1 aromatic carbocycles. The van der Waals surface area contributed by atoms with Crippen LogP contribution in [-0.4, -0.2) is 32.8 Å². The molecule has 31 heavy (non-hydrogen) atoms. The number of rotatable bonds is 3. The van der Waals surface area contributed by atoms with E-state index in [1.807, 2.05) is 6.92 Å². The van der Waals surface area contributed by atoms with Gasteiger partial charge >= 0.3 is 6.18 Å². The first kappa shape index (κ1) is 21.1. The zero-order valence-corrected chi connectivity index (χ0v) is 17.6. The number of alkyl halides is 3. The van der Waals surface area contributed by atoms with Crippen molar-refractivity contribution in [1.29, 1.82) is 0 Å². The van der Waals surface area contributed by atoms with E-state index in [9.17, 15) is 18.0 Å². The van der Waals surface area contributed by atoms with Crippen LogP contribution in [0.15, 0.2) is 41.3 Å². The van der Waals surface area contributed by atoms with Crippen molar-refractivity contribution in [2.45, 2.75) is 33.4 Å². The highest BCUT2D eigenvalue weighted by molar-refractivity contribution is 5.61. The normalized spacial score (nSPS) is 19.6. The first-order valence-electron chi connectivity index (χ1n) is 10.2. The summed E-state index contributed by atoms with van der Waals surface area (Å²) in [5.41, 5.74) is 1.07. The Morgan fingerprint density at radius 3 is 2.32 bits per heavy atom. The number of nitrogens with one attached hydrogen (secondary N) is 1. The smallest absolute Gasteiger partial charge is 0.340 e. The summed E-state index contributed by atoms with van der Waals surface area (Å²) in [6.07, 6.45) is -1.55. The van der Waals surface area contributed by atoms with Crippen LogP contribution in [0.25, 0.3) is 16.9 Å². The average Bonchev–Trinajstić information content (AvgIpc) is 3.08. The van der Waals surface area contributed by atoms with Gasteiger partial charge in [-0.1, -0.05) is 13.8 Å². The van der Waals surface area contributed by atoms with Crippen molar-refractivity contribution >= 4 is 5.95 Å². The van der Waals surface area contributed by atoms with Gasteiger partial charge in [0, 0.05) is 30.9 Å². The standard InChI is InChI=1S/C22H24F3N5O/c1-13-8-14(2)12-29(11-13)21-26-10-18(15(3)27-21)19-9-20(31)30(28-19)17-6-4-16(5-7-17)22(23,24)25/h4-7,9-10,13-14,28H,8,11-12H2,1-3H3. The lowest BCUT2D eigenvalue weighted by atomic mass is 9.92. The molecule has 0 aliphatic carbocycles. The minimum absolute atomic E-state index is 0.315. The second kappa shape index (κ2) is 7.86. The van der Waals surface area contributed by atoms with E-state index in [4.69, 9.17) is 0 Å². The molecule has 1 aliphatic heterocycles. The first-order valence-corrected chi connectivity index (χ1v) is 10.2. The molecule has 3 aromatic rings. The summed E-state index contributed by atoms with van der Waals surface area (Å²) in [6.45, 7) is 8.11. The van der Waals surface area contributed by atoms with Crippen molar-refractivity contribution in [2.75, 3.05) is 18.0 Å². The molecule has 1 N–H and O–H groups in total. The fraction of sp³-hybridized carbons (Fsp3) is 0.409.